The van der Waals surface area contributed by atoms with E-state index < -0.39 is 46.3 Å². The highest BCUT2D eigenvalue weighted by molar-refractivity contribution is 7.91. The molecule has 0 amide bonds. The topological polar surface area (TPSA) is 156 Å². The number of aliphatic hydroxyl groups is 6. The number of hydrogen-bond acceptors (Lipinski definition) is 8. The summed E-state index contributed by atoms with van der Waals surface area (Å²) in [5, 5.41) is 54.0. The molecule has 8 nitrogen and oxygen atoms in total. The van der Waals surface area contributed by atoms with Gasteiger partial charge in [-0.25, -0.2) is 8.42 Å². The molecule has 16 heavy (non-hydrogen) atoms. The molecule has 0 aliphatic carbocycles. The first-order valence-corrected chi connectivity index (χ1v) is 6.28. The maximum atomic E-state index is 10.8. The van der Waals surface area contributed by atoms with Crippen molar-refractivity contribution in [2.45, 2.75) is 29.9 Å². The van der Waals surface area contributed by atoms with Gasteiger partial charge in [0, 0.05) is 6.26 Å². The van der Waals surface area contributed by atoms with Gasteiger partial charge in [0.2, 0.25) is 0 Å². The molecule has 0 aromatic rings. The van der Waals surface area contributed by atoms with E-state index in [0.29, 0.717) is 6.26 Å². The van der Waals surface area contributed by atoms with Gasteiger partial charge in [-0.3, -0.25) is 0 Å². The van der Waals surface area contributed by atoms with E-state index >= 15 is 0 Å². The van der Waals surface area contributed by atoms with Crippen molar-refractivity contribution in [3.63, 3.8) is 0 Å². The number of rotatable bonds is 6. The van der Waals surface area contributed by atoms with Crippen LogP contribution < -0.4 is 0 Å². The van der Waals surface area contributed by atoms with Gasteiger partial charge in [0.25, 0.3) is 0 Å². The molecule has 0 bridgehead atoms. The summed E-state index contributed by atoms with van der Waals surface area (Å²) in [6, 6.07) is 0. The summed E-state index contributed by atoms with van der Waals surface area (Å²) < 4.78 is 21.6. The number of sulfone groups is 1. The second-order valence-electron chi connectivity index (χ2n) is 3.44. The quantitative estimate of drug-likeness (QED) is 0.281. The molecule has 6 N–H and O–H groups in total. The molecule has 0 heterocycles. The summed E-state index contributed by atoms with van der Waals surface area (Å²) in [5.74, 6) is 0. The molecule has 0 aromatic carbocycles. The lowest BCUT2D eigenvalue weighted by Crippen LogP contribution is -2.51. The van der Waals surface area contributed by atoms with Crippen LogP contribution in [0.5, 0.6) is 0 Å². The third-order valence-electron chi connectivity index (χ3n) is 2.01. The highest BCUT2D eigenvalue weighted by Gasteiger charge is 2.38. The zero-order chi connectivity index (χ0) is 13.1. The first-order chi connectivity index (χ1) is 7.12. The van der Waals surface area contributed by atoms with E-state index in [9.17, 15) is 18.6 Å². The second kappa shape index (κ2) is 5.87. The van der Waals surface area contributed by atoms with Gasteiger partial charge in [0.1, 0.15) is 24.4 Å². The van der Waals surface area contributed by atoms with Crippen LogP contribution in [0.15, 0.2) is 0 Å². The van der Waals surface area contributed by atoms with E-state index in [1.807, 2.05) is 0 Å². The maximum absolute atomic E-state index is 10.8. The Kier molecular flexibility index (Phi) is 5.76. The minimum atomic E-state index is -4.02. The van der Waals surface area contributed by atoms with Crippen molar-refractivity contribution in [2.24, 2.45) is 0 Å². The van der Waals surface area contributed by atoms with Crippen molar-refractivity contribution in [1.82, 2.24) is 0 Å². The zero-order valence-electron chi connectivity index (χ0n) is 8.50. The third-order valence-corrected chi connectivity index (χ3v) is 3.17. The van der Waals surface area contributed by atoms with Crippen LogP contribution in [0.1, 0.15) is 0 Å². The average molecular weight is 260 g/mol. The normalized spacial score (nSPS) is 22.2. The first-order valence-electron chi connectivity index (χ1n) is 4.33. The summed E-state index contributed by atoms with van der Waals surface area (Å²) in [6.45, 7) is -0.889. The number of hydrogen-bond donors (Lipinski definition) is 6. The molecule has 0 aliphatic rings. The molecule has 1 unspecified atom stereocenters. The summed E-state index contributed by atoms with van der Waals surface area (Å²) in [6.07, 6.45) is -7.39. The lowest BCUT2D eigenvalue weighted by molar-refractivity contribution is -0.128. The Hall–Kier alpha value is -0.290. The predicted molar refractivity (Wildman–Crippen MR) is 52.0 cm³/mol. The van der Waals surface area contributed by atoms with Crippen LogP contribution in [0.25, 0.3) is 0 Å². The van der Waals surface area contributed by atoms with Crippen LogP contribution in [0.3, 0.4) is 0 Å². The van der Waals surface area contributed by atoms with Crippen LogP contribution in [-0.2, 0) is 9.84 Å². The molecule has 0 rings (SSSR count). The molecule has 0 fully saturated rings. The van der Waals surface area contributed by atoms with Crippen molar-refractivity contribution in [3.05, 3.63) is 0 Å². The van der Waals surface area contributed by atoms with Crippen molar-refractivity contribution < 1.29 is 39.1 Å². The van der Waals surface area contributed by atoms with E-state index in [1.54, 1.807) is 0 Å². The monoisotopic (exact) mass is 260 g/mol. The standard InChI is InChI=1S/C7H16O8S/c1-16(14,15)7(13)6(12)5(11)4(10)3(9)2-8/h3-13H,2H2,1H3/t3-,4-,5+,6-,7?/m1/s1. The Morgan fingerprint density at radius 3 is 1.69 bits per heavy atom. The average Bonchev–Trinajstić information content (AvgIpc) is 2.22. The van der Waals surface area contributed by atoms with E-state index in [-0.39, 0.29) is 0 Å². The molecular weight excluding hydrogens is 244 g/mol. The SMILES string of the molecule is CS(=O)(=O)C(O)[C@H](O)[C@@H](O)[C@H](O)[C@H](O)CO. The van der Waals surface area contributed by atoms with Gasteiger partial charge in [-0.1, -0.05) is 0 Å². The largest absolute Gasteiger partial charge is 0.394 e. The Balaban J connectivity index is 4.67. The summed E-state index contributed by atoms with van der Waals surface area (Å²) in [7, 11) is -4.02. The molecule has 98 valence electrons. The van der Waals surface area contributed by atoms with Gasteiger partial charge in [0.05, 0.1) is 6.61 Å². The molecule has 0 saturated carbocycles. The van der Waals surface area contributed by atoms with E-state index in [0.717, 1.165) is 0 Å². The van der Waals surface area contributed by atoms with Crippen molar-refractivity contribution in [3.8, 4) is 0 Å². The molecule has 0 saturated heterocycles. The minimum absolute atomic E-state index is 0.627. The molecular formula is C7H16O8S. The number of aliphatic hydroxyl groups excluding tert-OH is 6. The zero-order valence-corrected chi connectivity index (χ0v) is 9.32. The van der Waals surface area contributed by atoms with Crippen LogP contribution in [0, 0.1) is 0 Å². The van der Waals surface area contributed by atoms with Crippen molar-refractivity contribution in [1.29, 1.82) is 0 Å². The molecule has 0 spiro atoms. The van der Waals surface area contributed by atoms with Crippen LogP contribution in [0.4, 0.5) is 0 Å². The van der Waals surface area contributed by atoms with Crippen molar-refractivity contribution >= 4 is 9.84 Å². The van der Waals surface area contributed by atoms with E-state index in [1.165, 1.54) is 0 Å². The van der Waals surface area contributed by atoms with Gasteiger partial charge < -0.3 is 30.6 Å². The molecule has 5 atom stereocenters. The molecule has 9 heteroatoms. The van der Waals surface area contributed by atoms with Gasteiger partial charge in [-0.15, -0.1) is 0 Å². The molecule has 0 radical (unpaired) electrons. The first kappa shape index (κ1) is 15.7. The van der Waals surface area contributed by atoms with Crippen LogP contribution >= 0.6 is 0 Å². The van der Waals surface area contributed by atoms with E-state index in [4.69, 9.17) is 20.4 Å². The summed E-state index contributed by atoms with van der Waals surface area (Å²) >= 11 is 0. The minimum Gasteiger partial charge on any atom is -0.394 e. The highest BCUT2D eigenvalue weighted by atomic mass is 32.2. The lowest BCUT2D eigenvalue weighted by atomic mass is 10.0. The lowest BCUT2D eigenvalue weighted by Gasteiger charge is -2.27. The Bertz CT molecular complexity index is 302. The molecule has 0 aromatic heterocycles. The van der Waals surface area contributed by atoms with Gasteiger partial charge >= 0.3 is 0 Å². The summed E-state index contributed by atoms with van der Waals surface area (Å²) in [4.78, 5) is 0. The Morgan fingerprint density at radius 1 is 0.938 bits per heavy atom. The fraction of sp³-hybridized carbons (Fsp3) is 1.00. The third kappa shape index (κ3) is 3.94. The fourth-order valence-corrected chi connectivity index (χ4v) is 1.63. The van der Waals surface area contributed by atoms with Crippen LogP contribution in [-0.4, -0.2) is 81.8 Å². The summed E-state index contributed by atoms with van der Waals surface area (Å²) in [5.41, 5.74) is -2.29. The second-order valence-corrected chi connectivity index (χ2v) is 5.58. The van der Waals surface area contributed by atoms with Crippen LogP contribution in [0.2, 0.25) is 0 Å². The fourth-order valence-electron chi connectivity index (χ4n) is 0.960. The van der Waals surface area contributed by atoms with Gasteiger partial charge in [0.15, 0.2) is 15.3 Å². The smallest absolute Gasteiger partial charge is 0.183 e. The molecule has 0 aliphatic heterocycles. The Morgan fingerprint density at radius 2 is 1.38 bits per heavy atom. The predicted octanol–water partition coefficient (Wildman–Crippen LogP) is -4.21. The van der Waals surface area contributed by atoms with E-state index in [2.05, 4.69) is 0 Å². The van der Waals surface area contributed by atoms with Crippen molar-refractivity contribution in [2.75, 3.05) is 12.9 Å². The van der Waals surface area contributed by atoms with Gasteiger partial charge in [-0.2, -0.15) is 0 Å². The van der Waals surface area contributed by atoms with Gasteiger partial charge in [-0.05, 0) is 0 Å². The highest BCUT2D eigenvalue weighted by Crippen LogP contribution is 2.11. The maximum Gasteiger partial charge on any atom is 0.183 e. The Labute approximate surface area is 92.3 Å².